The number of fused-ring (bicyclic) bond motifs is 1. The highest BCUT2D eigenvalue weighted by Gasteiger charge is 2.15. The number of aryl methyl sites for hydroxylation is 2. The maximum absolute atomic E-state index is 6.47. The molecule has 2 heterocycles. The van der Waals surface area contributed by atoms with Crippen LogP contribution in [0.1, 0.15) is 37.7 Å². The smallest absolute Gasteiger partial charge is 0.243 e. The Morgan fingerprint density at radius 1 is 0.906 bits per heavy atom. The summed E-state index contributed by atoms with van der Waals surface area (Å²) in [5.74, 6) is 1.06. The van der Waals surface area contributed by atoms with Crippen molar-refractivity contribution in [3.8, 4) is 11.3 Å². The lowest BCUT2D eigenvalue weighted by Gasteiger charge is -2.19. The molecule has 1 N–H and O–H groups in total. The molecular formula is C25H24Cl2N4O. The Morgan fingerprint density at radius 3 is 2.19 bits per heavy atom. The number of nitrogens with zero attached hydrogens (tertiary/aromatic N) is 3. The molecule has 4 rings (SSSR count). The summed E-state index contributed by atoms with van der Waals surface area (Å²) in [6, 6.07) is 15.5. The topological polar surface area (TPSA) is 63.3 Å². The van der Waals surface area contributed by atoms with Crippen LogP contribution in [0.15, 0.2) is 58.0 Å². The van der Waals surface area contributed by atoms with Gasteiger partial charge in [-0.15, -0.1) is 0 Å². The molecule has 0 saturated heterocycles. The molecule has 0 saturated carbocycles. The third-order valence-corrected chi connectivity index (χ3v) is 5.56. The molecule has 7 heteroatoms. The summed E-state index contributed by atoms with van der Waals surface area (Å²) in [4.78, 5) is 8.77. The van der Waals surface area contributed by atoms with Crippen LogP contribution in [-0.2, 0) is 5.41 Å². The lowest BCUT2D eigenvalue weighted by Crippen LogP contribution is -2.11. The standard InChI is InChI=1S/C25H24Cl2N4O/c1-14-10-15(2)29-24(28-14)31-30-21-13-22(16-6-8-17(9-7-16)25(3,4)5)32-23-19(21)11-18(26)12-20(23)27/h6-13H,1-5H3,(H,28,29,31). The van der Waals surface area contributed by atoms with E-state index in [-0.39, 0.29) is 5.41 Å². The Kier molecular flexibility index (Phi) is 5.97. The average Bonchev–Trinajstić information content (AvgIpc) is 2.71. The van der Waals surface area contributed by atoms with E-state index < -0.39 is 0 Å². The monoisotopic (exact) mass is 466 g/mol. The number of aromatic nitrogens is 2. The predicted octanol–water partition coefficient (Wildman–Crippen LogP) is 7.04. The van der Waals surface area contributed by atoms with Crippen LogP contribution in [0.4, 0.5) is 5.95 Å². The lowest BCUT2D eigenvalue weighted by molar-refractivity contribution is 0.589. The highest BCUT2D eigenvalue weighted by atomic mass is 35.5. The number of benzene rings is 2. The van der Waals surface area contributed by atoms with Gasteiger partial charge in [-0.1, -0.05) is 68.2 Å². The minimum Gasteiger partial charge on any atom is -0.454 e. The molecule has 164 valence electrons. The molecule has 0 aliphatic rings. The Morgan fingerprint density at radius 2 is 1.56 bits per heavy atom. The highest BCUT2D eigenvalue weighted by Crippen LogP contribution is 2.31. The third-order valence-electron chi connectivity index (χ3n) is 5.06. The second kappa shape index (κ2) is 8.57. The van der Waals surface area contributed by atoms with E-state index in [9.17, 15) is 0 Å². The zero-order valence-electron chi connectivity index (χ0n) is 18.6. The van der Waals surface area contributed by atoms with Crippen molar-refractivity contribution in [1.29, 1.82) is 0 Å². The minimum atomic E-state index is 0.0650. The van der Waals surface area contributed by atoms with Crippen molar-refractivity contribution in [3.05, 3.63) is 80.9 Å². The summed E-state index contributed by atoms with van der Waals surface area (Å²) in [5.41, 5.74) is 7.40. The van der Waals surface area contributed by atoms with Gasteiger partial charge >= 0.3 is 0 Å². The van der Waals surface area contributed by atoms with Gasteiger partial charge in [0, 0.05) is 33.4 Å². The fourth-order valence-corrected chi connectivity index (χ4v) is 3.98. The van der Waals surface area contributed by atoms with Gasteiger partial charge in [-0.25, -0.2) is 15.4 Å². The SMILES string of the molecule is Cc1cc(C)nc(NN=c2cc(-c3ccc(C(C)(C)C)cc3)oc3c(Cl)cc(Cl)cc23)n1. The van der Waals surface area contributed by atoms with Gasteiger partial charge in [0.1, 0.15) is 5.76 Å². The van der Waals surface area contributed by atoms with E-state index in [1.165, 1.54) is 5.56 Å². The number of hydrogen-bond acceptors (Lipinski definition) is 5. The summed E-state index contributed by atoms with van der Waals surface area (Å²) in [5, 5.41) is 6.78. The van der Waals surface area contributed by atoms with Gasteiger partial charge in [-0.2, -0.15) is 5.10 Å². The van der Waals surface area contributed by atoms with E-state index in [2.05, 4.69) is 53.4 Å². The van der Waals surface area contributed by atoms with Crippen molar-refractivity contribution >= 4 is 40.1 Å². The van der Waals surface area contributed by atoms with Crippen LogP contribution in [0.5, 0.6) is 0 Å². The van der Waals surface area contributed by atoms with E-state index >= 15 is 0 Å². The first-order chi connectivity index (χ1) is 15.1. The molecule has 0 aliphatic heterocycles. The molecule has 0 fully saturated rings. The van der Waals surface area contributed by atoms with Gasteiger partial charge < -0.3 is 4.42 Å². The van der Waals surface area contributed by atoms with Crippen LogP contribution in [0.25, 0.3) is 22.3 Å². The van der Waals surface area contributed by atoms with Gasteiger partial charge in [0.25, 0.3) is 0 Å². The third kappa shape index (κ3) is 4.79. The number of nitrogens with one attached hydrogen (secondary N) is 1. The van der Waals surface area contributed by atoms with Gasteiger partial charge in [-0.3, -0.25) is 0 Å². The summed E-state index contributed by atoms with van der Waals surface area (Å²) in [7, 11) is 0. The number of hydrogen-bond donors (Lipinski definition) is 1. The van der Waals surface area contributed by atoms with Gasteiger partial charge in [0.15, 0.2) is 5.58 Å². The predicted molar refractivity (Wildman–Crippen MR) is 131 cm³/mol. The molecule has 2 aromatic heterocycles. The first kappa shape index (κ1) is 22.3. The van der Waals surface area contributed by atoms with E-state index in [1.54, 1.807) is 12.1 Å². The second-order valence-corrected chi connectivity index (χ2v) is 9.63. The largest absolute Gasteiger partial charge is 0.454 e. The van der Waals surface area contributed by atoms with Crippen LogP contribution >= 0.6 is 23.2 Å². The van der Waals surface area contributed by atoms with Gasteiger partial charge in [0.2, 0.25) is 5.95 Å². The zero-order chi connectivity index (χ0) is 23.0. The molecule has 0 radical (unpaired) electrons. The van der Waals surface area contributed by atoms with E-state index in [1.807, 2.05) is 38.1 Å². The molecule has 0 amide bonds. The maximum atomic E-state index is 6.47. The fourth-order valence-electron chi connectivity index (χ4n) is 3.45. The molecular weight excluding hydrogens is 443 g/mol. The Balaban J connectivity index is 1.87. The first-order valence-corrected chi connectivity index (χ1v) is 11.0. The Labute approximate surface area is 197 Å². The first-order valence-electron chi connectivity index (χ1n) is 10.3. The lowest BCUT2D eigenvalue weighted by atomic mass is 9.86. The number of anilines is 1. The Hall–Kier alpha value is -2.89. The molecule has 0 aliphatic carbocycles. The number of rotatable bonds is 3. The van der Waals surface area contributed by atoms with E-state index in [0.29, 0.717) is 38.1 Å². The van der Waals surface area contributed by atoms with Crippen molar-refractivity contribution in [3.63, 3.8) is 0 Å². The van der Waals surface area contributed by atoms with Crippen LogP contribution in [0.3, 0.4) is 0 Å². The molecule has 0 spiro atoms. The van der Waals surface area contributed by atoms with E-state index in [4.69, 9.17) is 27.6 Å². The van der Waals surface area contributed by atoms with Crippen molar-refractivity contribution in [2.75, 3.05) is 5.43 Å². The second-order valence-electron chi connectivity index (χ2n) is 8.79. The summed E-state index contributed by atoms with van der Waals surface area (Å²) < 4.78 is 6.18. The number of halogens is 2. The molecule has 0 bridgehead atoms. The Bertz CT molecular complexity index is 1350. The van der Waals surface area contributed by atoms with Crippen LogP contribution < -0.4 is 10.8 Å². The molecule has 5 nitrogen and oxygen atoms in total. The fraction of sp³-hybridized carbons (Fsp3) is 0.240. The van der Waals surface area contributed by atoms with Gasteiger partial charge in [0.05, 0.1) is 10.4 Å². The summed E-state index contributed by atoms with van der Waals surface area (Å²) in [6.07, 6.45) is 0. The molecule has 2 aromatic carbocycles. The highest BCUT2D eigenvalue weighted by molar-refractivity contribution is 6.38. The van der Waals surface area contributed by atoms with Crippen molar-refractivity contribution in [2.24, 2.45) is 5.10 Å². The van der Waals surface area contributed by atoms with Crippen molar-refractivity contribution in [1.82, 2.24) is 9.97 Å². The summed E-state index contributed by atoms with van der Waals surface area (Å²) >= 11 is 12.7. The summed E-state index contributed by atoms with van der Waals surface area (Å²) in [6.45, 7) is 10.4. The van der Waals surface area contributed by atoms with Crippen LogP contribution in [0, 0.1) is 13.8 Å². The quantitative estimate of drug-likeness (QED) is 0.328. The molecule has 4 aromatic rings. The van der Waals surface area contributed by atoms with Crippen molar-refractivity contribution in [2.45, 2.75) is 40.0 Å². The maximum Gasteiger partial charge on any atom is 0.243 e. The molecule has 0 atom stereocenters. The molecule has 0 unspecified atom stereocenters. The normalized spacial score (nSPS) is 12.4. The molecule has 32 heavy (non-hydrogen) atoms. The zero-order valence-corrected chi connectivity index (χ0v) is 20.1. The van der Waals surface area contributed by atoms with E-state index in [0.717, 1.165) is 17.0 Å². The van der Waals surface area contributed by atoms with Gasteiger partial charge in [-0.05, 0) is 43.0 Å². The van der Waals surface area contributed by atoms with Crippen LogP contribution in [0.2, 0.25) is 10.0 Å². The van der Waals surface area contributed by atoms with Crippen molar-refractivity contribution < 1.29 is 4.42 Å². The minimum absolute atomic E-state index is 0.0650. The average molecular weight is 467 g/mol. The van der Waals surface area contributed by atoms with Crippen LogP contribution in [-0.4, -0.2) is 9.97 Å².